The molecule has 0 aliphatic carbocycles. The molecule has 0 aliphatic heterocycles. The van der Waals surface area contributed by atoms with Gasteiger partial charge in [0.25, 0.3) is 0 Å². The number of aromatic nitrogens is 2. The number of pyridine rings is 1. The number of sulfonamides is 1. The fourth-order valence-corrected chi connectivity index (χ4v) is 3.16. The number of benzene rings is 1. The molecule has 0 saturated heterocycles. The maximum Gasteiger partial charge on any atom is 0.238 e. The molecule has 2 aromatic heterocycles. The van der Waals surface area contributed by atoms with Gasteiger partial charge in [0.1, 0.15) is 5.65 Å². The number of nitrogens with two attached hydrogens (primary N) is 1. The first kappa shape index (κ1) is 16.6. The Morgan fingerprint density at radius 2 is 1.92 bits per heavy atom. The van der Waals surface area contributed by atoms with E-state index in [-0.39, 0.29) is 10.9 Å². The van der Waals surface area contributed by atoms with Gasteiger partial charge in [0.05, 0.1) is 10.6 Å². The maximum atomic E-state index is 11.3. The molecular formula is C17H20N4O2S. The molecule has 0 bridgehead atoms. The zero-order chi connectivity index (χ0) is 17.3. The van der Waals surface area contributed by atoms with Crippen LogP contribution in [0.3, 0.4) is 0 Å². The lowest BCUT2D eigenvalue weighted by Gasteiger charge is -2.24. The first-order valence-corrected chi connectivity index (χ1v) is 9.15. The summed E-state index contributed by atoms with van der Waals surface area (Å²) in [5.74, 6) is 0. The molecule has 6 nitrogen and oxygen atoms in total. The first-order valence-electron chi connectivity index (χ1n) is 7.60. The molecule has 0 radical (unpaired) electrons. The van der Waals surface area contributed by atoms with Crippen molar-refractivity contribution in [1.29, 1.82) is 0 Å². The van der Waals surface area contributed by atoms with E-state index < -0.39 is 10.0 Å². The van der Waals surface area contributed by atoms with Gasteiger partial charge in [-0.05, 0) is 43.8 Å². The summed E-state index contributed by atoms with van der Waals surface area (Å²) in [6.45, 7) is 2.77. The van der Waals surface area contributed by atoms with Gasteiger partial charge in [0, 0.05) is 25.0 Å². The number of nitrogens with zero attached hydrogens (tertiary/aromatic N) is 3. The molecular weight excluding hydrogens is 324 g/mol. The Balaban J connectivity index is 1.75. The molecule has 2 heterocycles. The molecule has 0 fully saturated rings. The van der Waals surface area contributed by atoms with Gasteiger partial charge in [-0.25, -0.2) is 18.5 Å². The molecule has 7 heteroatoms. The van der Waals surface area contributed by atoms with Crippen molar-refractivity contribution in [2.24, 2.45) is 5.14 Å². The highest BCUT2D eigenvalue weighted by atomic mass is 32.2. The third-order valence-electron chi connectivity index (χ3n) is 4.18. The summed E-state index contributed by atoms with van der Waals surface area (Å²) in [7, 11) is -1.64. The smallest absolute Gasteiger partial charge is 0.238 e. The normalized spacial score (nSPS) is 13.5. The van der Waals surface area contributed by atoms with Crippen LogP contribution in [0.5, 0.6) is 0 Å². The molecule has 2 N–H and O–H groups in total. The third kappa shape index (κ3) is 3.48. The molecule has 3 rings (SSSR count). The summed E-state index contributed by atoms with van der Waals surface area (Å²) < 4.78 is 24.7. The van der Waals surface area contributed by atoms with Crippen molar-refractivity contribution in [3.63, 3.8) is 0 Å². The molecule has 3 aromatic rings. The number of hydrogen-bond acceptors (Lipinski definition) is 4. The number of rotatable bonds is 5. The van der Waals surface area contributed by atoms with E-state index in [2.05, 4.69) is 16.8 Å². The lowest BCUT2D eigenvalue weighted by molar-refractivity contribution is 0.250. The van der Waals surface area contributed by atoms with E-state index in [0.29, 0.717) is 6.54 Å². The summed E-state index contributed by atoms with van der Waals surface area (Å²) in [5, 5.41) is 5.13. The predicted octanol–water partition coefficient (Wildman–Crippen LogP) is 2.17. The van der Waals surface area contributed by atoms with Crippen LogP contribution >= 0.6 is 0 Å². The second-order valence-electron chi connectivity index (χ2n) is 5.90. The van der Waals surface area contributed by atoms with Crippen molar-refractivity contribution in [3.05, 3.63) is 66.1 Å². The van der Waals surface area contributed by atoms with E-state index in [9.17, 15) is 8.42 Å². The first-order chi connectivity index (χ1) is 11.3. The summed E-state index contributed by atoms with van der Waals surface area (Å²) in [6.07, 6.45) is 3.99. The second kappa shape index (κ2) is 6.35. The van der Waals surface area contributed by atoms with Crippen LogP contribution in [0, 0.1) is 0 Å². The Labute approximate surface area is 141 Å². The van der Waals surface area contributed by atoms with Crippen molar-refractivity contribution in [2.45, 2.75) is 24.4 Å². The molecule has 126 valence electrons. The van der Waals surface area contributed by atoms with Crippen molar-refractivity contribution in [2.75, 3.05) is 7.05 Å². The van der Waals surface area contributed by atoms with Crippen LogP contribution < -0.4 is 5.14 Å². The lowest BCUT2D eigenvalue weighted by Crippen LogP contribution is -2.22. The van der Waals surface area contributed by atoms with Crippen molar-refractivity contribution in [3.8, 4) is 0 Å². The number of imidazole rings is 1. The minimum Gasteiger partial charge on any atom is -0.307 e. The van der Waals surface area contributed by atoms with Crippen LogP contribution in [0.15, 0.2) is 59.8 Å². The fraction of sp³-hybridized carbons (Fsp3) is 0.235. The number of primary sulfonamides is 1. The zero-order valence-electron chi connectivity index (χ0n) is 13.6. The highest BCUT2D eigenvalue weighted by Gasteiger charge is 2.15. The van der Waals surface area contributed by atoms with Gasteiger partial charge in [-0.1, -0.05) is 18.2 Å². The van der Waals surface area contributed by atoms with E-state index in [1.54, 1.807) is 24.3 Å². The minimum absolute atomic E-state index is 0.115. The minimum atomic E-state index is -3.66. The summed E-state index contributed by atoms with van der Waals surface area (Å²) in [5.41, 5.74) is 2.93. The molecule has 24 heavy (non-hydrogen) atoms. The van der Waals surface area contributed by atoms with Crippen molar-refractivity contribution >= 4 is 15.7 Å². The highest BCUT2D eigenvalue weighted by molar-refractivity contribution is 7.89. The van der Waals surface area contributed by atoms with E-state index in [0.717, 1.165) is 16.9 Å². The van der Waals surface area contributed by atoms with Crippen LogP contribution in [-0.4, -0.2) is 29.8 Å². The van der Waals surface area contributed by atoms with Gasteiger partial charge in [-0.2, -0.15) is 0 Å². The van der Waals surface area contributed by atoms with E-state index >= 15 is 0 Å². The summed E-state index contributed by atoms with van der Waals surface area (Å²) in [4.78, 5) is 6.89. The molecule has 0 aliphatic rings. The van der Waals surface area contributed by atoms with Crippen molar-refractivity contribution in [1.82, 2.24) is 14.3 Å². The summed E-state index contributed by atoms with van der Waals surface area (Å²) in [6, 6.07) is 12.7. The van der Waals surface area contributed by atoms with Crippen LogP contribution in [0.1, 0.15) is 24.2 Å². The Morgan fingerprint density at radius 3 is 2.54 bits per heavy atom. The molecule has 0 spiro atoms. The average molecular weight is 344 g/mol. The molecule has 1 atom stereocenters. The standard InChI is InChI=1S/C17H20N4O2S/c1-13(14-6-8-16(9-7-14)24(18,22)23)20(2)11-15-12-21-10-4-3-5-17(21)19-15/h3-10,12-13H,11H2,1-2H3,(H2,18,22,23)/t13-/m1/s1. The summed E-state index contributed by atoms with van der Waals surface area (Å²) >= 11 is 0. The van der Waals surface area contributed by atoms with Gasteiger partial charge in [-0.15, -0.1) is 0 Å². The maximum absolute atomic E-state index is 11.3. The lowest BCUT2D eigenvalue weighted by atomic mass is 10.1. The predicted molar refractivity (Wildman–Crippen MR) is 92.9 cm³/mol. The van der Waals surface area contributed by atoms with Gasteiger partial charge < -0.3 is 4.40 Å². The monoisotopic (exact) mass is 344 g/mol. The van der Waals surface area contributed by atoms with Crippen LogP contribution in [0.2, 0.25) is 0 Å². The number of hydrogen-bond donors (Lipinski definition) is 1. The number of fused-ring (bicyclic) bond motifs is 1. The van der Waals surface area contributed by atoms with Crippen LogP contribution in [0.4, 0.5) is 0 Å². The largest absolute Gasteiger partial charge is 0.307 e. The zero-order valence-corrected chi connectivity index (χ0v) is 14.4. The van der Waals surface area contributed by atoms with Gasteiger partial charge in [0.2, 0.25) is 10.0 Å². The Hall–Kier alpha value is -2.22. The van der Waals surface area contributed by atoms with Crippen molar-refractivity contribution < 1.29 is 8.42 Å². The molecule has 1 aromatic carbocycles. The molecule has 0 unspecified atom stereocenters. The highest BCUT2D eigenvalue weighted by Crippen LogP contribution is 2.22. The fourth-order valence-electron chi connectivity index (χ4n) is 2.65. The molecule has 0 amide bonds. The Kier molecular flexibility index (Phi) is 4.40. The second-order valence-corrected chi connectivity index (χ2v) is 7.46. The third-order valence-corrected chi connectivity index (χ3v) is 5.11. The average Bonchev–Trinajstić information content (AvgIpc) is 2.95. The van der Waals surface area contributed by atoms with Gasteiger partial charge >= 0.3 is 0 Å². The van der Waals surface area contributed by atoms with Gasteiger partial charge in [-0.3, -0.25) is 4.90 Å². The van der Waals surface area contributed by atoms with Gasteiger partial charge in [0.15, 0.2) is 0 Å². The quantitative estimate of drug-likeness (QED) is 0.769. The van der Waals surface area contributed by atoms with E-state index in [1.807, 2.05) is 42.0 Å². The SMILES string of the molecule is C[C@H](c1ccc(S(N)(=O)=O)cc1)N(C)Cc1cn2ccccc2n1. The Bertz CT molecular complexity index is 915. The topological polar surface area (TPSA) is 80.7 Å². The van der Waals surface area contributed by atoms with Crippen LogP contribution in [-0.2, 0) is 16.6 Å². The Morgan fingerprint density at radius 1 is 1.21 bits per heavy atom. The molecule has 0 saturated carbocycles. The van der Waals surface area contributed by atoms with E-state index in [4.69, 9.17) is 5.14 Å². The van der Waals surface area contributed by atoms with E-state index in [1.165, 1.54) is 0 Å². The van der Waals surface area contributed by atoms with Crippen LogP contribution in [0.25, 0.3) is 5.65 Å².